The van der Waals surface area contributed by atoms with Gasteiger partial charge in [-0.25, -0.2) is 4.98 Å². The van der Waals surface area contributed by atoms with E-state index in [1.165, 1.54) is 4.70 Å². The Morgan fingerprint density at radius 2 is 2.17 bits per heavy atom. The van der Waals surface area contributed by atoms with Crippen LogP contribution in [0.3, 0.4) is 0 Å². The third kappa shape index (κ3) is 2.82. The Hall–Kier alpha value is -1.13. The number of aromatic nitrogens is 1. The lowest BCUT2D eigenvalue weighted by Gasteiger charge is -2.11. The van der Waals surface area contributed by atoms with E-state index in [9.17, 15) is 0 Å². The molecule has 0 bridgehead atoms. The third-order valence-corrected chi connectivity index (χ3v) is 4.19. The molecule has 1 aromatic heterocycles. The first-order chi connectivity index (χ1) is 8.61. The monoisotopic (exact) mass is 264 g/mol. The summed E-state index contributed by atoms with van der Waals surface area (Å²) in [6, 6.07) is 6.15. The lowest BCUT2D eigenvalue weighted by Crippen LogP contribution is -2.26. The Bertz CT molecular complexity index is 521. The molecule has 1 atom stereocenters. The molecule has 0 aliphatic heterocycles. The van der Waals surface area contributed by atoms with E-state index in [0.717, 1.165) is 22.7 Å². The van der Waals surface area contributed by atoms with Gasteiger partial charge in [0, 0.05) is 12.0 Å². The minimum absolute atomic E-state index is 0.0865. The van der Waals surface area contributed by atoms with Gasteiger partial charge in [-0.05, 0) is 18.6 Å². The van der Waals surface area contributed by atoms with Crippen LogP contribution in [0.25, 0.3) is 10.2 Å². The van der Waals surface area contributed by atoms with Gasteiger partial charge in [0.1, 0.15) is 17.9 Å². The standard InChI is InChI=1S/C14H20N2OS/c1-4-10(15)8-17-11-6-5-7-12-13(11)16-14(18-12)9(2)3/h5-7,9-10H,4,8,15H2,1-3H3. The average Bonchev–Trinajstić information content (AvgIpc) is 2.80. The Morgan fingerprint density at radius 3 is 2.83 bits per heavy atom. The third-order valence-electron chi connectivity index (χ3n) is 2.87. The van der Waals surface area contributed by atoms with Gasteiger partial charge in [-0.3, -0.25) is 0 Å². The van der Waals surface area contributed by atoms with E-state index in [1.807, 2.05) is 12.1 Å². The van der Waals surface area contributed by atoms with Crippen LogP contribution in [0.2, 0.25) is 0 Å². The largest absolute Gasteiger partial charge is 0.490 e. The molecule has 1 heterocycles. The zero-order valence-corrected chi connectivity index (χ0v) is 12.0. The quantitative estimate of drug-likeness (QED) is 0.898. The number of ether oxygens (including phenoxy) is 1. The van der Waals surface area contributed by atoms with Crippen LogP contribution in [-0.4, -0.2) is 17.6 Å². The molecule has 0 saturated carbocycles. The van der Waals surface area contributed by atoms with Crippen LogP contribution in [0.15, 0.2) is 18.2 Å². The highest BCUT2D eigenvalue weighted by molar-refractivity contribution is 7.18. The molecule has 98 valence electrons. The number of rotatable bonds is 5. The highest BCUT2D eigenvalue weighted by atomic mass is 32.1. The molecule has 1 unspecified atom stereocenters. The summed E-state index contributed by atoms with van der Waals surface area (Å²) in [4.78, 5) is 4.67. The first-order valence-corrected chi connectivity index (χ1v) is 7.21. The number of benzene rings is 1. The molecule has 0 aliphatic rings. The molecular formula is C14H20N2OS. The van der Waals surface area contributed by atoms with E-state index in [2.05, 4.69) is 31.8 Å². The average molecular weight is 264 g/mol. The Kier molecular flexibility index (Phi) is 4.19. The summed E-state index contributed by atoms with van der Waals surface area (Å²) < 4.78 is 6.97. The van der Waals surface area contributed by atoms with Crippen molar-refractivity contribution in [3.63, 3.8) is 0 Å². The van der Waals surface area contributed by atoms with Gasteiger partial charge in [0.05, 0.1) is 9.71 Å². The van der Waals surface area contributed by atoms with Gasteiger partial charge in [0.2, 0.25) is 0 Å². The fourth-order valence-electron chi connectivity index (χ4n) is 1.62. The summed E-state index contributed by atoms with van der Waals surface area (Å²) in [6.07, 6.45) is 0.921. The van der Waals surface area contributed by atoms with Gasteiger partial charge >= 0.3 is 0 Å². The minimum atomic E-state index is 0.0865. The molecule has 2 aromatic rings. The van der Waals surface area contributed by atoms with Crippen LogP contribution in [0, 0.1) is 0 Å². The Labute approximate surface area is 112 Å². The van der Waals surface area contributed by atoms with E-state index in [4.69, 9.17) is 10.5 Å². The molecule has 2 N–H and O–H groups in total. The van der Waals surface area contributed by atoms with Crippen molar-refractivity contribution in [2.75, 3.05) is 6.61 Å². The normalized spacial score (nSPS) is 13.2. The van der Waals surface area contributed by atoms with Crippen molar-refractivity contribution in [2.24, 2.45) is 5.73 Å². The van der Waals surface area contributed by atoms with E-state index >= 15 is 0 Å². The number of hydrogen-bond donors (Lipinski definition) is 1. The van der Waals surface area contributed by atoms with Crippen LogP contribution < -0.4 is 10.5 Å². The van der Waals surface area contributed by atoms with Crippen LogP contribution in [0.5, 0.6) is 5.75 Å². The van der Waals surface area contributed by atoms with E-state index < -0.39 is 0 Å². The zero-order chi connectivity index (χ0) is 13.1. The fraction of sp³-hybridized carbons (Fsp3) is 0.500. The van der Waals surface area contributed by atoms with Crippen LogP contribution in [0.1, 0.15) is 38.1 Å². The van der Waals surface area contributed by atoms with Crippen molar-refractivity contribution in [3.8, 4) is 5.75 Å². The van der Waals surface area contributed by atoms with Crippen LogP contribution >= 0.6 is 11.3 Å². The summed E-state index contributed by atoms with van der Waals surface area (Å²) in [5, 5.41) is 1.15. The van der Waals surface area contributed by atoms with Gasteiger partial charge in [0.15, 0.2) is 0 Å². The topological polar surface area (TPSA) is 48.1 Å². The second-order valence-electron chi connectivity index (χ2n) is 4.79. The smallest absolute Gasteiger partial charge is 0.146 e. The van der Waals surface area contributed by atoms with Crippen molar-refractivity contribution < 1.29 is 4.74 Å². The van der Waals surface area contributed by atoms with Crippen molar-refractivity contribution >= 4 is 21.6 Å². The molecule has 0 fully saturated rings. The second kappa shape index (κ2) is 5.67. The van der Waals surface area contributed by atoms with Crippen molar-refractivity contribution in [3.05, 3.63) is 23.2 Å². The molecule has 1 aromatic carbocycles. The molecule has 0 spiro atoms. The lowest BCUT2D eigenvalue weighted by molar-refractivity contribution is 0.288. The molecule has 3 nitrogen and oxygen atoms in total. The highest BCUT2D eigenvalue weighted by Gasteiger charge is 2.11. The first-order valence-electron chi connectivity index (χ1n) is 6.39. The summed E-state index contributed by atoms with van der Waals surface area (Å²) in [6.45, 7) is 6.93. The van der Waals surface area contributed by atoms with Gasteiger partial charge in [-0.1, -0.05) is 26.8 Å². The predicted molar refractivity (Wildman–Crippen MR) is 77.5 cm³/mol. The Balaban J connectivity index is 2.27. The van der Waals surface area contributed by atoms with Crippen LogP contribution in [0.4, 0.5) is 0 Å². The molecule has 0 amide bonds. The number of para-hydroxylation sites is 1. The molecule has 0 aliphatic carbocycles. The molecule has 2 rings (SSSR count). The zero-order valence-electron chi connectivity index (χ0n) is 11.1. The number of nitrogens with zero attached hydrogens (tertiary/aromatic N) is 1. The van der Waals surface area contributed by atoms with Gasteiger partial charge in [-0.15, -0.1) is 11.3 Å². The molecular weight excluding hydrogens is 244 g/mol. The van der Waals surface area contributed by atoms with E-state index in [1.54, 1.807) is 11.3 Å². The summed E-state index contributed by atoms with van der Waals surface area (Å²) in [7, 11) is 0. The summed E-state index contributed by atoms with van der Waals surface area (Å²) in [5.74, 6) is 1.30. The lowest BCUT2D eigenvalue weighted by atomic mass is 10.2. The Morgan fingerprint density at radius 1 is 1.39 bits per heavy atom. The van der Waals surface area contributed by atoms with E-state index in [-0.39, 0.29) is 6.04 Å². The van der Waals surface area contributed by atoms with Crippen molar-refractivity contribution in [1.29, 1.82) is 0 Å². The SMILES string of the molecule is CCC(N)COc1cccc2sc(C(C)C)nc12. The summed E-state index contributed by atoms with van der Waals surface area (Å²) in [5.41, 5.74) is 6.84. The number of nitrogens with two attached hydrogens (primary N) is 1. The van der Waals surface area contributed by atoms with Crippen molar-refractivity contribution in [1.82, 2.24) is 4.98 Å². The first kappa shape index (κ1) is 13.3. The predicted octanol–water partition coefficient (Wildman–Crippen LogP) is 3.54. The maximum absolute atomic E-state index is 5.88. The second-order valence-corrected chi connectivity index (χ2v) is 5.85. The van der Waals surface area contributed by atoms with Crippen molar-refractivity contribution in [2.45, 2.75) is 39.2 Å². The van der Waals surface area contributed by atoms with E-state index in [0.29, 0.717) is 12.5 Å². The molecule has 0 saturated heterocycles. The molecule has 0 radical (unpaired) electrons. The maximum atomic E-state index is 5.88. The summed E-state index contributed by atoms with van der Waals surface area (Å²) >= 11 is 1.74. The van der Waals surface area contributed by atoms with Gasteiger partial charge in [-0.2, -0.15) is 0 Å². The minimum Gasteiger partial charge on any atom is -0.490 e. The molecule has 4 heteroatoms. The maximum Gasteiger partial charge on any atom is 0.146 e. The fourth-order valence-corrected chi connectivity index (χ4v) is 2.61. The highest BCUT2D eigenvalue weighted by Crippen LogP contribution is 2.32. The van der Waals surface area contributed by atoms with Crippen LogP contribution in [-0.2, 0) is 0 Å². The molecule has 18 heavy (non-hydrogen) atoms. The van der Waals surface area contributed by atoms with Gasteiger partial charge in [0.25, 0.3) is 0 Å². The number of hydrogen-bond acceptors (Lipinski definition) is 4. The number of thiazole rings is 1. The van der Waals surface area contributed by atoms with Gasteiger partial charge < -0.3 is 10.5 Å². The number of fused-ring (bicyclic) bond motifs is 1.